The van der Waals surface area contributed by atoms with Crippen LogP contribution in [0.15, 0.2) is 0 Å². The zero-order chi connectivity index (χ0) is 24.9. The van der Waals surface area contributed by atoms with E-state index in [9.17, 15) is 19.2 Å². The van der Waals surface area contributed by atoms with Gasteiger partial charge in [-0.05, 0) is 39.7 Å². The molecule has 3 amide bonds. The lowest BCUT2D eigenvalue weighted by molar-refractivity contribution is -0.139. The van der Waals surface area contributed by atoms with E-state index in [4.69, 9.17) is 0 Å². The van der Waals surface area contributed by atoms with Gasteiger partial charge in [0.05, 0.1) is 19.1 Å². The minimum Gasteiger partial charge on any atom is -0.345 e. The first-order valence-electron chi connectivity index (χ1n) is 12.1. The third-order valence-corrected chi connectivity index (χ3v) is 7.47. The van der Waals surface area contributed by atoms with Crippen LogP contribution < -0.4 is 16.0 Å². The Morgan fingerprint density at radius 2 is 1.58 bits per heavy atom. The number of carbonyl (C=O) groups excluding carboxylic acids is 4. The number of hydrogen-bond donors (Lipinski definition) is 3. The van der Waals surface area contributed by atoms with E-state index in [1.54, 1.807) is 14.0 Å². The summed E-state index contributed by atoms with van der Waals surface area (Å²) in [4.78, 5) is 49.7. The van der Waals surface area contributed by atoms with E-state index in [2.05, 4.69) is 22.9 Å². The maximum absolute atomic E-state index is 12.7. The Morgan fingerprint density at radius 3 is 2.15 bits per heavy atom. The molecule has 0 spiro atoms. The second kappa shape index (κ2) is 21.3. The number of likely N-dealkylation sites (N-methyl/N-ethyl adjacent to an activating group) is 1. The number of amides is 3. The molecule has 0 saturated heterocycles. The molecular formula is C23H44N4O4S2. The monoisotopic (exact) mass is 504 g/mol. The number of aldehydes is 1. The maximum Gasteiger partial charge on any atom is 0.245 e. The SMILES string of the molecule is CCCCCSSCCCCCC(C=O)NC(=O)CN(CCC)C(=O)C(C)NC(=O)CNC. The normalized spacial score (nSPS) is 12.6. The Kier molecular flexibility index (Phi) is 20.5. The first-order chi connectivity index (χ1) is 15.9. The van der Waals surface area contributed by atoms with Gasteiger partial charge >= 0.3 is 0 Å². The van der Waals surface area contributed by atoms with Crippen LogP contribution in [-0.2, 0) is 19.2 Å². The van der Waals surface area contributed by atoms with E-state index in [1.807, 2.05) is 28.5 Å². The van der Waals surface area contributed by atoms with Crippen LogP contribution in [0.3, 0.4) is 0 Å². The average Bonchev–Trinajstić information content (AvgIpc) is 2.78. The molecule has 0 radical (unpaired) electrons. The molecule has 0 heterocycles. The van der Waals surface area contributed by atoms with Gasteiger partial charge in [-0.3, -0.25) is 14.4 Å². The van der Waals surface area contributed by atoms with E-state index in [0.29, 0.717) is 19.4 Å². The molecule has 0 aliphatic carbocycles. The highest BCUT2D eigenvalue weighted by atomic mass is 33.1. The lowest BCUT2D eigenvalue weighted by Gasteiger charge is -2.26. The van der Waals surface area contributed by atoms with Gasteiger partial charge in [-0.15, -0.1) is 0 Å². The highest BCUT2D eigenvalue weighted by molar-refractivity contribution is 8.76. The highest BCUT2D eigenvalue weighted by Crippen LogP contribution is 2.24. The average molecular weight is 505 g/mol. The molecule has 8 nitrogen and oxygen atoms in total. The van der Waals surface area contributed by atoms with Gasteiger partial charge in [-0.2, -0.15) is 0 Å². The quantitative estimate of drug-likeness (QED) is 0.125. The Hall–Kier alpha value is -1.26. The molecule has 0 aliphatic heterocycles. The van der Waals surface area contributed by atoms with E-state index < -0.39 is 12.1 Å². The number of nitrogens with zero attached hydrogens (tertiary/aromatic N) is 1. The number of carbonyl (C=O) groups is 4. The smallest absolute Gasteiger partial charge is 0.245 e. The summed E-state index contributed by atoms with van der Waals surface area (Å²) < 4.78 is 0. The molecule has 0 aromatic carbocycles. The van der Waals surface area contributed by atoms with Crippen molar-refractivity contribution in [3.63, 3.8) is 0 Å². The Balaban J connectivity index is 4.29. The molecule has 2 unspecified atom stereocenters. The topological polar surface area (TPSA) is 108 Å². The first kappa shape index (κ1) is 31.7. The van der Waals surface area contributed by atoms with Crippen LogP contribution in [-0.4, -0.2) is 79.2 Å². The maximum atomic E-state index is 12.7. The number of rotatable bonds is 21. The molecule has 0 saturated carbocycles. The molecule has 3 N–H and O–H groups in total. The van der Waals surface area contributed by atoms with Crippen LogP contribution in [0.4, 0.5) is 0 Å². The van der Waals surface area contributed by atoms with Gasteiger partial charge in [0.25, 0.3) is 0 Å². The molecule has 0 aromatic rings. The molecule has 0 fully saturated rings. The highest BCUT2D eigenvalue weighted by Gasteiger charge is 2.24. The fourth-order valence-electron chi connectivity index (χ4n) is 3.16. The van der Waals surface area contributed by atoms with Crippen LogP contribution in [0, 0.1) is 0 Å². The van der Waals surface area contributed by atoms with Gasteiger partial charge in [0.1, 0.15) is 12.3 Å². The Bertz CT molecular complexity index is 567. The van der Waals surface area contributed by atoms with Crippen molar-refractivity contribution in [3.8, 4) is 0 Å². The predicted octanol–water partition coefficient (Wildman–Crippen LogP) is 2.76. The van der Waals surface area contributed by atoms with Crippen molar-refractivity contribution in [2.45, 2.75) is 84.2 Å². The summed E-state index contributed by atoms with van der Waals surface area (Å²) in [6, 6.07) is -1.27. The van der Waals surface area contributed by atoms with E-state index >= 15 is 0 Å². The van der Waals surface area contributed by atoms with Crippen LogP contribution in [0.25, 0.3) is 0 Å². The minimum atomic E-state index is -0.727. The largest absolute Gasteiger partial charge is 0.345 e. The first-order valence-corrected chi connectivity index (χ1v) is 14.6. The number of nitrogens with one attached hydrogen (secondary N) is 3. The van der Waals surface area contributed by atoms with Gasteiger partial charge in [0.2, 0.25) is 17.7 Å². The summed E-state index contributed by atoms with van der Waals surface area (Å²) in [7, 11) is 5.50. The van der Waals surface area contributed by atoms with E-state index in [1.165, 1.54) is 29.9 Å². The molecule has 0 rings (SSSR count). The van der Waals surface area contributed by atoms with Crippen molar-refractivity contribution in [2.24, 2.45) is 0 Å². The van der Waals surface area contributed by atoms with Crippen LogP contribution >= 0.6 is 21.6 Å². The van der Waals surface area contributed by atoms with Crippen molar-refractivity contribution in [2.75, 3.05) is 38.2 Å². The Labute approximate surface area is 207 Å². The fourth-order valence-corrected chi connectivity index (χ4v) is 5.45. The number of hydrogen-bond acceptors (Lipinski definition) is 7. The van der Waals surface area contributed by atoms with E-state index in [-0.39, 0.29) is 30.8 Å². The zero-order valence-electron chi connectivity index (χ0n) is 20.8. The van der Waals surface area contributed by atoms with Gasteiger partial charge in [-0.1, -0.05) is 61.1 Å². The Morgan fingerprint density at radius 1 is 0.909 bits per heavy atom. The van der Waals surface area contributed by atoms with Gasteiger partial charge in [0, 0.05) is 18.1 Å². The summed E-state index contributed by atoms with van der Waals surface area (Å²) in [5.74, 6) is 1.35. The standard InChI is InChI=1S/C23H44N4O4S2/c1-5-7-10-14-32-33-15-11-8-9-12-20(18-28)26-22(30)17-27(13-6-2)23(31)19(3)25-21(29)16-24-4/h18-20,24H,5-17H2,1-4H3,(H,25,29)(H,26,30). The molecule has 0 bridgehead atoms. The predicted molar refractivity (Wildman–Crippen MR) is 139 cm³/mol. The lowest BCUT2D eigenvalue weighted by atomic mass is 10.1. The summed E-state index contributed by atoms with van der Waals surface area (Å²) in [5.41, 5.74) is 0. The molecule has 192 valence electrons. The second-order valence-electron chi connectivity index (χ2n) is 8.09. The summed E-state index contributed by atoms with van der Waals surface area (Å²) >= 11 is 0. The van der Waals surface area contributed by atoms with Crippen molar-refractivity contribution in [1.82, 2.24) is 20.9 Å². The van der Waals surface area contributed by atoms with Crippen molar-refractivity contribution < 1.29 is 19.2 Å². The summed E-state index contributed by atoms with van der Waals surface area (Å²) in [5, 5.41) is 8.09. The van der Waals surface area contributed by atoms with Crippen LogP contribution in [0.1, 0.15) is 72.1 Å². The van der Waals surface area contributed by atoms with Crippen LogP contribution in [0.5, 0.6) is 0 Å². The molecule has 0 aromatic heterocycles. The third-order valence-electron chi connectivity index (χ3n) is 4.89. The minimum absolute atomic E-state index is 0.114. The van der Waals surface area contributed by atoms with Gasteiger partial charge in [0.15, 0.2) is 0 Å². The molecule has 10 heteroatoms. The number of unbranched alkanes of at least 4 members (excludes halogenated alkanes) is 4. The molecular weight excluding hydrogens is 460 g/mol. The van der Waals surface area contributed by atoms with Gasteiger partial charge in [-0.25, -0.2) is 0 Å². The molecule has 33 heavy (non-hydrogen) atoms. The third kappa shape index (κ3) is 16.9. The van der Waals surface area contributed by atoms with Crippen molar-refractivity contribution in [1.29, 1.82) is 0 Å². The van der Waals surface area contributed by atoms with Crippen LogP contribution in [0.2, 0.25) is 0 Å². The van der Waals surface area contributed by atoms with Gasteiger partial charge < -0.3 is 25.6 Å². The van der Waals surface area contributed by atoms with E-state index in [0.717, 1.165) is 31.3 Å². The summed E-state index contributed by atoms with van der Waals surface area (Å²) in [6.45, 7) is 6.12. The zero-order valence-corrected chi connectivity index (χ0v) is 22.5. The molecule has 0 aliphatic rings. The molecule has 2 atom stereocenters. The fraction of sp³-hybridized carbons (Fsp3) is 0.826. The summed E-state index contributed by atoms with van der Waals surface area (Å²) in [6.07, 6.45) is 8.86. The van der Waals surface area contributed by atoms with Crippen molar-refractivity contribution >= 4 is 45.6 Å². The second-order valence-corrected chi connectivity index (χ2v) is 10.8. The lowest BCUT2D eigenvalue weighted by Crippen LogP contribution is -2.52. The van der Waals surface area contributed by atoms with Crippen molar-refractivity contribution in [3.05, 3.63) is 0 Å².